The van der Waals surface area contributed by atoms with Crippen molar-refractivity contribution in [2.45, 2.75) is 18.8 Å². The van der Waals surface area contributed by atoms with Crippen molar-refractivity contribution in [3.05, 3.63) is 24.3 Å². The van der Waals surface area contributed by atoms with E-state index >= 15 is 0 Å². The van der Waals surface area contributed by atoms with Crippen LogP contribution in [-0.2, 0) is 4.74 Å². The van der Waals surface area contributed by atoms with Crippen molar-refractivity contribution in [3.8, 4) is 10.6 Å². The quantitative estimate of drug-likeness (QED) is 0.775. The summed E-state index contributed by atoms with van der Waals surface area (Å²) in [5, 5.41) is 14.0. The average molecular weight is 302 g/mol. The van der Waals surface area contributed by atoms with E-state index in [4.69, 9.17) is 10.5 Å². The number of fused-ring (bicyclic) bond motifs is 1. The molecule has 21 heavy (non-hydrogen) atoms. The van der Waals surface area contributed by atoms with E-state index in [-0.39, 0.29) is 0 Å². The molecule has 7 nitrogen and oxygen atoms in total. The topological polar surface area (TPSA) is 91.2 Å². The van der Waals surface area contributed by atoms with Crippen molar-refractivity contribution in [3.63, 3.8) is 0 Å². The molecule has 1 aliphatic heterocycles. The van der Waals surface area contributed by atoms with Crippen LogP contribution in [0.4, 0.5) is 5.69 Å². The molecule has 4 rings (SSSR count). The van der Waals surface area contributed by atoms with Gasteiger partial charge in [0.15, 0.2) is 5.82 Å². The Morgan fingerprint density at radius 2 is 2.14 bits per heavy atom. The largest absolute Gasteiger partial charge is 0.397 e. The van der Waals surface area contributed by atoms with Crippen molar-refractivity contribution in [1.82, 2.24) is 24.8 Å². The predicted molar refractivity (Wildman–Crippen MR) is 79.1 cm³/mol. The molecule has 1 saturated heterocycles. The van der Waals surface area contributed by atoms with Gasteiger partial charge in [-0.2, -0.15) is 9.61 Å². The summed E-state index contributed by atoms with van der Waals surface area (Å²) in [6.45, 7) is 1.54. The summed E-state index contributed by atoms with van der Waals surface area (Å²) in [6, 6.07) is 1.87. The lowest BCUT2D eigenvalue weighted by molar-refractivity contribution is 0.0832. The Morgan fingerprint density at radius 3 is 2.95 bits per heavy atom. The number of hydrogen-bond acceptors (Lipinski definition) is 7. The maximum absolute atomic E-state index is 5.97. The maximum Gasteiger partial charge on any atom is 0.234 e. The third kappa shape index (κ3) is 2.16. The van der Waals surface area contributed by atoms with E-state index in [9.17, 15) is 0 Å². The second kappa shape index (κ2) is 5.05. The molecule has 0 spiro atoms. The molecule has 1 aliphatic rings. The first-order valence-electron chi connectivity index (χ1n) is 6.82. The van der Waals surface area contributed by atoms with Gasteiger partial charge in [-0.3, -0.25) is 4.98 Å². The highest BCUT2D eigenvalue weighted by Crippen LogP contribution is 2.32. The number of nitrogens with zero attached hydrogens (tertiary/aromatic N) is 5. The number of hydrogen-bond donors (Lipinski definition) is 1. The van der Waals surface area contributed by atoms with Crippen molar-refractivity contribution in [2.24, 2.45) is 0 Å². The predicted octanol–water partition coefficient (Wildman–Crippen LogP) is 1.72. The highest BCUT2D eigenvalue weighted by atomic mass is 32.1. The van der Waals surface area contributed by atoms with Gasteiger partial charge in [0.25, 0.3) is 0 Å². The summed E-state index contributed by atoms with van der Waals surface area (Å²) in [6.07, 6.45) is 5.28. The van der Waals surface area contributed by atoms with E-state index in [0.717, 1.165) is 47.4 Å². The number of rotatable bonds is 2. The van der Waals surface area contributed by atoms with Crippen LogP contribution in [0.1, 0.15) is 24.6 Å². The Bertz CT molecular complexity index is 776. The van der Waals surface area contributed by atoms with E-state index in [2.05, 4.69) is 20.3 Å². The van der Waals surface area contributed by atoms with Crippen LogP contribution in [-0.4, -0.2) is 38.0 Å². The average Bonchev–Trinajstić information content (AvgIpc) is 3.08. The van der Waals surface area contributed by atoms with Gasteiger partial charge in [0, 0.05) is 30.9 Å². The molecule has 0 radical (unpaired) electrons. The zero-order valence-electron chi connectivity index (χ0n) is 11.3. The van der Waals surface area contributed by atoms with Crippen LogP contribution in [0.2, 0.25) is 0 Å². The van der Waals surface area contributed by atoms with Crippen LogP contribution in [0.5, 0.6) is 0 Å². The standard InChI is InChI=1S/C13H14N6OS/c14-10-7-15-4-1-9(10)12-18-19-11(16-17-13(19)21-12)8-2-5-20-6-3-8/h1,4,7-8H,2-3,5-6,14H2. The number of anilines is 1. The van der Waals surface area contributed by atoms with Crippen LogP contribution in [0.3, 0.4) is 0 Å². The van der Waals surface area contributed by atoms with E-state index in [1.165, 1.54) is 11.3 Å². The first kappa shape index (κ1) is 12.7. The molecule has 0 amide bonds. The number of aromatic nitrogens is 5. The second-order valence-corrected chi connectivity index (χ2v) is 5.97. The lowest BCUT2D eigenvalue weighted by Crippen LogP contribution is -2.16. The van der Waals surface area contributed by atoms with Crippen LogP contribution in [0.15, 0.2) is 18.5 Å². The number of pyridine rings is 1. The molecule has 3 aromatic heterocycles. The molecule has 4 heterocycles. The van der Waals surface area contributed by atoms with E-state index in [1.54, 1.807) is 12.4 Å². The monoisotopic (exact) mass is 302 g/mol. The molecular formula is C13H14N6OS. The molecule has 8 heteroatoms. The minimum atomic E-state index is 0.360. The van der Waals surface area contributed by atoms with Gasteiger partial charge >= 0.3 is 0 Å². The highest BCUT2D eigenvalue weighted by Gasteiger charge is 2.23. The Labute approximate surface area is 124 Å². The van der Waals surface area contributed by atoms with Gasteiger partial charge in [-0.15, -0.1) is 10.2 Å². The molecule has 0 aliphatic carbocycles. The first-order chi connectivity index (χ1) is 10.3. The summed E-state index contributed by atoms with van der Waals surface area (Å²) in [4.78, 5) is 4.80. The fourth-order valence-corrected chi connectivity index (χ4v) is 3.45. The molecule has 0 unspecified atom stereocenters. The van der Waals surface area contributed by atoms with Crippen LogP contribution < -0.4 is 5.73 Å². The summed E-state index contributed by atoms with van der Waals surface area (Å²) in [5.74, 6) is 1.28. The summed E-state index contributed by atoms with van der Waals surface area (Å²) in [7, 11) is 0. The molecule has 2 N–H and O–H groups in total. The molecular weight excluding hydrogens is 288 g/mol. The van der Waals surface area contributed by atoms with Gasteiger partial charge in [-0.1, -0.05) is 11.3 Å². The van der Waals surface area contributed by atoms with Crippen LogP contribution in [0.25, 0.3) is 15.5 Å². The third-order valence-electron chi connectivity index (χ3n) is 3.68. The fourth-order valence-electron chi connectivity index (χ4n) is 2.55. The summed E-state index contributed by atoms with van der Waals surface area (Å²) >= 11 is 1.49. The summed E-state index contributed by atoms with van der Waals surface area (Å²) in [5.41, 5.74) is 7.47. The van der Waals surface area contributed by atoms with E-state index < -0.39 is 0 Å². The van der Waals surface area contributed by atoms with Gasteiger partial charge in [-0.25, -0.2) is 0 Å². The Balaban J connectivity index is 1.77. The SMILES string of the molecule is Nc1cnccc1-c1nn2c(C3CCOCC3)nnc2s1. The van der Waals surface area contributed by atoms with Crippen LogP contribution >= 0.6 is 11.3 Å². The van der Waals surface area contributed by atoms with Crippen LogP contribution in [0, 0.1) is 0 Å². The fraction of sp³-hybridized carbons (Fsp3) is 0.385. The lowest BCUT2D eigenvalue weighted by Gasteiger charge is -2.19. The van der Waals surface area contributed by atoms with Gasteiger partial charge < -0.3 is 10.5 Å². The maximum atomic E-state index is 5.97. The molecule has 0 atom stereocenters. The van der Waals surface area contributed by atoms with Crippen molar-refractivity contribution in [1.29, 1.82) is 0 Å². The molecule has 108 valence electrons. The first-order valence-corrected chi connectivity index (χ1v) is 7.64. The van der Waals surface area contributed by atoms with Gasteiger partial charge in [0.2, 0.25) is 4.96 Å². The van der Waals surface area contributed by atoms with E-state index in [1.807, 2.05) is 10.6 Å². The van der Waals surface area contributed by atoms with Crippen molar-refractivity contribution < 1.29 is 4.74 Å². The van der Waals surface area contributed by atoms with E-state index in [0.29, 0.717) is 11.6 Å². The van der Waals surface area contributed by atoms with Crippen molar-refractivity contribution >= 4 is 22.0 Å². The number of nitrogens with two attached hydrogens (primary N) is 1. The molecule has 1 fully saturated rings. The van der Waals surface area contributed by atoms with Gasteiger partial charge in [0.05, 0.1) is 11.9 Å². The number of ether oxygens (including phenoxy) is 1. The smallest absolute Gasteiger partial charge is 0.234 e. The Kier molecular flexibility index (Phi) is 3.04. The summed E-state index contributed by atoms with van der Waals surface area (Å²) < 4.78 is 7.24. The minimum Gasteiger partial charge on any atom is -0.397 e. The zero-order valence-corrected chi connectivity index (χ0v) is 12.1. The highest BCUT2D eigenvalue weighted by molar-refractivity contribution is 7.19. The molecule has 3 aromatic rings. The third-order valence-corrected chi connectivity index (χ3v) is 4.62. The molecule has 0 saturated carbocycles. The lowest BCUT2D eigenvalue weighted by atomic mass is 10.00. The Hall–Kier alpha value is -2.06. The van der Waals surface area contributed by atoms with Crippen molar-refractivity contribution in [2.75, 3.05) is 18.9 Å². The second-order valence-electron chi connectivity index (χ2n) is 5.01. The minimum absolute atomic E-state index is 0.360. The normalized spacial score (nSPS) is 16.6. The van der Waals surface area contributed by atoms with Gasteiger partial charge in [0.1, 0.15) is 5.01 Å². The van der Waals surface area contributed by atoms with Gasteiger partial charge in [-0.05, 0) is 18.9 Å². The Morgan fingerprint density at radius 1 is 1.29 bits per heavy atom. The molecule has 0 bridgehead atoms. The molecule has 0 aromatic carbocycles. The number of nitrogen functional groups attached to an aromatic ring is 1. The zero-order chi connectivity index (χ0) is 14.2.